The summed E-state index contributed by atoms with van der Waals surface area (Å²) in [6.45, 7) is 3.21. The van der Waals surface area contributed by atoms with Crippen LogP contribution in [-0.4, -0.2) is 26.4 Å². The first-order valence-electron chi connectivity index (χ1n) is 5.76. The first kappa shape index (κ1) is 14.1. The van der Waals surface area contributed by atoms with E-state index in [1.165, 1.54) is 12.1 Å². The second-order valence-electron chi connectivity index (χ2n) is 4.00. The molecule has 0 spiro atoms. The molecule has 0 radical (unpaired) electrons. The molecule has 1 rings (SSSR count). The second kappa shape index (κ2) is 7.37. The minimum absolute atomic E-state index is 0.0997. The Labute approximate surface area is 102 Å². The highest BCUT2D eigenvalue weighted by molar-refractivity contribution is 5.20. The number of rotatable bonds is 7. The van der Waals surface area contributed by atoms with E-state index in [1.807, 2.05) is 6.92 Å². The van der Waals surface area contributed by atoms with Gasteiger partial charge in [-0.3, -0.25) is 0 Å². The lowest BCUT2D eigenvalue weighted by Gasteiger charge is -2.20. The quantitative estimate of drug-likeness (QED) is 0.745. The van der Waals surface area contributed by atoms with Crippen molar-refractivity contribution in [3.8, 4) is 0 Å². The molecule has 0 aliphatic heterocycles. The van der Waals surface area contributed by atoms with Crippen LogP contribution in [0, 0.1) is 5.82 Å². The van der Waals surface area contributed by atoms with Crippen molar-refractivity contribution in [2.45, 2.75) is 25.5 Å². The molecule has 0 bridgehead atoms. The molecule has 2 unspecified atom stereocenters. The Morgan fingerprint density at radius 1 is 1.24 bits per heavy atom. The topological polar surface area (TPSA) is 44.5 Å². The van der Waals surface area contributed by atoms with Crippen molar-refractivity contribution in [3.63, 3.8) is 0 Å². The molecule has 0 saturated heterocycles. The summed E-state index contributed by atoms with van der Waals surface area (Å²) in [4.78, 5) is 0. The van der Waals surface area contributed by atoms with Gasteiger partial charge in [-0.05, 0) is 31.0 Å². The van der Waals surface area contributed by atoms with Crippen molar-refractivity contribution >= 4 is 0 Å². The SMILES string of the molecule is COCCCOC(C)C(N)c1ccc(F)cc1. The fraction of sp³-hybridized carbons (Fsp3) is 0.538. The normalized spacial score (nSPS) is 14.6. The summed E-state index contributed by atoms with van der Waals surface area (Å²) in [5.74, 6) is -0.255. The zero-order chi connectivity index (χ0) is 12.7. The fourth-order valence-corrected chi connectivity index (χ4v) is 1.53. The molecule has 3 nitrogen and oxygen atoms in total. The minimum Gasteiger partial charge on any atom is -0.385 e. The van der Waals surface area contributed by atoms with Crippen molar-refractivity contribution < 1.29 is 13.9 Å². The standard InChI is InChI=1S/C13H20FNO2/c1-10(17-9-3-8-16-2)13(15)11-4-6-12(14)7-5-11/h4-7,10,13H,3,8-9,15H2,1-2H3. The monoisotopic (exact) mass is 241 g/mol. The van der Waals surface area contributed by atoms with Gasteiger partial charge < -0.3 is 15.2 Å². The van der Waals surface area contributed by atoms with Gasteiger partial charge in [-0.25, -0.2) is 4.39 Å². The average Bonchev–Trinajstić information content (AvgIpc) is 2.34. The number of nitrogens with two attached hydrogens (primary N) is 1. The molecule has 0 aromatic heterocycles. The third-order valence-electron chi connectivity index (χ3n) is 2.63. The van der Waals surface area contributed by atoms with E-state index in [0.717, 1.165) is 12.0 Å². The molecular weight excluding hydrogens is 221 g/mol. The smallest absolute Gasteiger partial charge is 0.123 e. The van der Waals surface area contributed by atoms with Crippen LogP contribution in [0.15, 0.2) is 24.3 Å². The van der Waals surface area contributed by atoms with Crippen molar-refractivity contribution in [1.29, 1.82) is 0 Å². The lowest BCUT2D eigenvalue weighted by molar-refractivity contribution is 0.0352. The van der Waals surface area contributed by atoms with Gasteiger partial charge in [0.1, 0.15) is 5.82 Å². The molecular formula is C13H20FNO2. The Hall–Kier alpha value is -0.970. The van der Waals surface area contributed by atoms with Crippen molar-refractivity contribution in [2.24, 2.45) is 5.73 Å². The van der Waals surface area contributed by atoms with E-state index >= 15 is 0 Å². The van der Waals surface area contributed by atoms with Crippen LogP contribution in [0.3, 0.4) is 0 Å². The summed E-state index contributed by atoms with van der Waals surface area (Å²) < 4.78 is 23.3. The summed E-state index contributed by atoms with van der Waals surface area (Å²) >= 11 is 0. The zero-order valence-corrected chi connectivity index (χ0v) is 10.4. The molecule has 0 aliphatic rings. The maximum Gasteiger partial charge on any atom is 0.123 e. The summed E-state index contributed by atoms with van der Waals surface area (Å²) in [7, 11) is 1.66. The van der Waals surface area contributed by atoms with E-state index in [1.54, 1.807) is 19.2 Å². The predicted octanol–water partition coefficient (Wildman–Crippen LogP) is 2.27. The number of ether oxygens (including phenoxy) is 2. The minimum atomic E-state index is -0.255. The number of hydrogen-bond acceptors (Lipinski definition) is 3. The van der Waals surface area contributed by atoms with Gasteiger partial charge in [-0.15, -0.1) is 0 Å². The zero-order valence-electron chi connectivity index (χ0n) is 10.4. The highest BCUT2D eigenvalue weighted by Crippen LogP contribution is 2.17. The average molecular weight is 241 g/mol. The molecule has 0 aliphatic carbocycles. The van der Waals surface area contributed by atoms with Gasteiger partial charge in [-0.1, -0.05) is 12.1 Å². The van der Waals surface area contributed by atoms with Gasteiger partial charge in [0.2, 0.25) is 0 Å². The third kappa shape index (κ3) is 4.81. The van der Waals surface area contributed by atoms with E-state index in [4.69, 9.17) is 15.2 Å². The Bertz CT molecular complexity index is 316. The van der Waals surface area contributed by atoms with E-state index in [-0.39, 0.29) is 18.0 Å². The van der Waals surface area contributed by atoms with Crippen molar-refractivity contribution in [2.75, 3.05) is 20.3 Å². The number of benzene rings is 1. The molecule has 2 N–H and O–H groups in total. The summed E-state index contributed by atoms with van der Waals surface area (Å²) in [6.07, 6.45) is 0.745. The van der Waals surface area contributed by atoms with Crippen LogP contribution in [0.1, 0.15) is 24.9 Å². The number of halogens is 1. The molecule has 0 amide bonds. The van der Waals surface area contributed by atoms with Crippen LogP contribution < -0.4 is 5.73 Å². The van der Waals surface area contributed by atoms with Gasteiger partial charge in [-0.2, -0.15) is 0 Å². The van der Waals surface area contributed by atoms with Gasteiger partial charge in [0, 0.05) is 20.3 Å². The van der Waals surface area contributed by atoms with E-state index in [0.29, 0.717) is 13.2 Å². The van der Waals surface area contributed by atoms with E-state index in [9.17, 15) is 4.39 Å². The second-order valence-corrected chi connectivity index (χ2v) is 4.00. The first-order chi connectivity index (χ1) is 8.15. The summed E-state index contributed by atoms with van der Waals surface area (Å²) in [5.41, 5.74) is 6.90. The third-order valence-corrected chi connectivity index (χ3v) is 2.63. The lowest BCUT2D eigenvalue weighted by atomic mass is 10.0. The molecule has 1 aromatic carbocycles. The molecule has 1 aromatic rings. The number of hydrogen-bond donors (Lipinski definition) is 1. The summed E-state index contributed by atoms with van der Waals surface area (Å²) in [6, 6.07) is 5.96. The molecule has 17 heavy (non-hydrogen) atoms. The largest absolute Gasteiger partial charge is 0.385 e. The number of methoxy groups -OCH3 is 1. The van der Waals surface area contributed by atoms with Crippen LogP contribution >= 0.6 is 0 Å². The molecule has 0 saturated carbocycles. The van der Waals surface area contributed by atoms with Gasteiger partial charge in [0.15, 0.2) is 0 Å². The predicted molar refractivity (Wildman–Crippen MR) is 65.2 cm³/mol. The van der Waals surface area contributed by atoms with Gasteiger partial charge >= 0.3 is 0 Å². The molecule has 0 fully saturated rings. The van der Waals surface area contributed by atoms with E-state index in [2.05, 4.69) is 0 Å². The molecule has 4 heteroatoms. The van der Waals surface area contributed by atoms with Crippen LogP contribution in [0.2, 0.25) is 0 Å². The highest BCUT2D eigenvalue weighted by atomic mass is 19.1. The van der Waals surface area contributed by atoms with Crippen molar-refractivity contribution in [3.05, 3.63) is 35.6 Å². The van der Waals surface area contributed by atoms with Crippen LogP contribution in [0.5, 0.6) is 0 Å². The van der Waals surface area contributed by atoms with E-state index < -0.39 is 0 Å². The van der Waals surface area contributed by atoms with Crippen molar-refractivity contribution in [1.82, 2.24) is 0 Å². The lowest BCUT2D eigenvalue weighted by Crippen LogP contribution is -2.26. The Morgan fingerprint density at radius 2 is 1.88 bits per heavy atom. The fourth-order valence-electron chi connectivity index (χ4n) is 1.53. The van der Waals surface area contributed by atoms with Crippen LogP contribution in [-0.2, 0) is 9.47 Å². The first-order valence-corrected chi connectivity index (χ1v) is 5.76. The summed E-state index contributed by atoms with van der Waals surface area (Å²) in [5, 5.41) is 0. The maximum absolute atomic E-state index is 12.8. The molecule has 96 valence electrons. The molecule has 0 heterocycles. The Balaban J connectivity index is 2.40. The highest BCUT2D eigenvalue weighted by Gasteiger charge is 2.15. The Morgan fingerprint density at radius 3 is 2.47 bits per heavy atom. The maximum atomic E-state index is 12.8. The molecule has 2 atom stereocenters. The van der Waals surface area contributed by atoms with Crippen LogP contribution in [0.25, 0.3) is 0 Å². The van der Waals surface area contributed by atoms with Gasteiger partial charge in [0.05, 0.1) is 12.1 Å². The van der Waals surface area contributed by atoms with Gasteiger partial charge in [0.25, 0.3) is 0 Å². The Kier molecular flexibility index (Phi) is 6.11. The van der Waals surface area contributed by atoms with Crippen LogP contribution in [0.4, 0.5) is 4.39 Å².